The highest BCUT2D eigenvalue weighted by Crippen LogP contribution is 2.44. The summed E-state index contributed by atoms with van der Waals surface area (Å²) in [4.78, 5) is 46.6. The fourth-order valence-corrected chi connectivity index (χ4v) is 10.5. The fourth-order valence-electron chi connectivity index (χ4n) is 9.57. The van der Waals surface area contributed by atoms with Crippen molar-refractivity contribution in [2.45, 2.75) is 75.5 Å². The third-order valence-corrected chi connectivity index (χ3v) is 14.7. The number of aromatic nitrogens is 4. The molecule has 4 fully saturated rings. The Morgan fingerprint density at radius 2 is 1.84 bits per heavy atom. The average Bonchev–Trinajstić information content (AvgIpc) is 3.98. The number of benzene rings is 3. The van der Waals surface area contributed by atoms with Gasteiger partial charge in [0.1, 0.15) is 23.2 Å². The summed E-state index contributed by atoms with van der Waals surface area (Å²) in [5.74, 6) is -1.68. The minimum atomic E-state index is -4.03. The van der Waals surface area contributed by atoms with Gasteiger partial charge >= 0.3 is 16.2 Å². The van der Waals surface area contributed by atoms with Gasteiger partial charge in [-0.15, -0.1) is 0 Å². The molecule has 0 unspecified atom stereocenters. The Morgan fingerprint density at radius 3 is 2.59 bits per heavy atom. The summed E-state index contributed by atoms with van der Waals surface area (Å²) in [5, 5.41) is 17.5. The van der Waals surface area contributed by atoms with E-state index in [1.807, 2.05) is 12.1 Å². The van der Waals surface area contributed by atoms with E-state index in [2.05, 4.69) is 25.0 Å². The van der Waals surface area contributed by atoms with Gasteiger partial charge < -0.3 is 9.47 Å². The van der Waals surface area contributed by atoms with Crippen molar-refractivity contribution in [2.24, 2.45) is 7.05 Å². The van der Waals surface area contributed by atoms with Crippen LogP contribution in [-0.4, -0.2) is 100 Å². The lowest BCUT2D eigenvalue weighted by molar-refractivity contribution is -0.120. The highest BCUT2D eigenvalue weighted by molar-refractivity contribution is 7.90. The van der Waals surface area contributed by atoms with Crippen LogP contribution in [0.1, 0.15) is 75.0 Å². The molecule has 5 aromatic rings. The lowest BCUT2D eigenvalue weighted by atomic mass is 9.80. The SMILES string of the molecule is CCN(C)S(=O)(=O)Nc1ccc(F)c(Oc2ccc3ncn([C@H]4CO[C@@]5(CCN(C6CCC(c7cc8c(cc7F)c(N7CCC(=O)NC7=O)nn8C)CC6)C5)C4)c(=O)c3c2)c1C#N. The normalized spacial score (nSPS) is 23.3. The summed E-state index contributed by atoms with van der Waals surface area (Å²) in [5.41, 5.74) is 0.430. The number of amides is 3. The molecule has 3 saturated heterocycles. The first-order chi connectivity index (χ1) is 30.2. The number of fused-ring (bicyclic) bond motifs is 2. The number of anilines is 2. The molecule has 3 amide bonds. The summed E-state index contributed by atoms with van der Waals surface area (Å²) >= 11 is 0. The van der Waals surface area contributed by atoms with Crippen LogP contribution in [0.5, 0.6) is 11.5 Å². The molecule has 2 atom stereocenters. The number of hydrogen-bond acceptors (Lipinski definition) is 11. The predicted molar refractivity (Wildman–Crippen MR) is 228 cm³/mol. The second-order valence-electron chi connectivity index (χ2n) is 16.8. The number of halogens is 2. The zero-order valence-electron chi connectivity index (χ0n) is 34.9. The number of nitriles is 1. The molecule has 17 nitrogen and oxygen atoms in total. The van der Waals surface area contributed by atoms with Gasteiger partial charge in [-0.2, -0.15) is 23.1 Å². The van der Waals surface area contributed by atoms with Crippen molar-refractivity contribution >= 4 is 55.5 Å². The topological polar surface area (TPSA) is 197 Å². The number of carbonyl (C=O) groups excluding carboxylic acids is 2. The van der Waals surface area contributed by atoms with Gasteiger partial charge in [-0.3, -0.25) is 38.7 Å². The van der Waals surface area contributed by atoms with Gasteiger partial charge in [-0.25, -0.2) is 18.6 Å². The molecule has 20 heteroatoms. The molecular formula is C43H46F2N10O7S. The van der Waals surface area contributed by atoms with Crippen LogP contribution < -0.4 is 25.2 Å². The monoisotopic (exact) mass is 884 g/mol. The number of ether oxygens (including phenoxy) is 2. The number of nitrogens with zero attached hydrogens (tertiary/aromatic N) is 8. The second-order valence-corrected chi connectivity index (χ2v) is 18.6. The van der Waals surface area contributed by atoms with Crippen LogP contribution in [0.25, 0.3) is 21.8 Å². The summed E-state index contributed by atoms with van der Waals surface area (Å²) in [7, 11) is -0.904. The molecule has 5 heterocycles. The highest BCUT2D eigenvalue weighted by Gasteiger charge is 2.48. The predicted octanol–water partition coefficient (Wildman–Crippen LogP) is 5.41. The molecule has 0 bridgehead atoms. The lowest BCUT2D eigenvalue weighted by Gasteiger charge is -2.35. The third-order valence-electron chi connectivity index (χ3n) is 13.1. The van der Waals surface area contributed by atoms with Crippen molar-refractivity contribution < 1.29 is 36.3 Å². The highest BCUT2D eigenvalue weighted by atomic mass is 32.2. The van der Waals surface area contributed by atoms with Gasteiger partial charge in [0.25, 0.3) is 5.56 Å². The summed E-state index contributed by atoms with van der Waals surface area (Å²) in [6, 6.07) is 11.2. The number of likely N-dealkylation sites (tertiary alicyclic amines) is 1. The first-order valence-electron chi connectivity index (χ1n) is 21.0. The Bertz CT molecular complexity index is 2890. The van der Waals surface area contributed by atoms with E-state index in [0.717, 1.165) is 55.1 Å². The Morgan fingerprint density at radius 1 is 1.05 bits per heavy atom. The maximum absolute atomic E-state index is 15.8. The lowest BCUT2D eigenvalue weighted by Crippen LogP contribution is -2.49. The second kappa shape index (κ2) is 16.3. The Labute approximate surface area is 361 Å². The van der Waals surface area contributed by atoms with E-state index >= 15 is 8.78 Å². The van der Waals surface area contributed by atoms with E-state index in [0.29, 0.717) is 53.4 Å². The van der Waals surface area contributed by atoms with Crippen LogP contribution in [0, 0.1) is 23.0 Å². The molecule has 1 spiro atoms. The Balaban J connectivity index is 0.858. The first-order valence-corrected chi connectivity index (χ1v) is 22.4. The van der Waals surface area contributed by atoms with Crippen molar-refractivity contribution in [3.8, 4) is 17.6 Å². The number of carbonyl (C=O) groups is 2. The van der Waals surface area contributed by atoms with E-state index in [4.69, 9.17) is 9.47 Å². The largest absolute Gasteiger partial charge is 0.453 e. The first kappa shape index (κ1) is 42.3. The van der Waals surface area contributed by atoms with Crippen LogP contribution in [0.15, 0.2) is 53.6 Å². The minimum Gasteiger partial charge on any atom is -0.453 e. The molecule has 2 aromatic heterocycles. The van der Waals surface area contributed by atoms with Crippen LogP contribution >= 0.6 is 0 Å². The third kappa shape index (κ3) is 7.76. The maximum atomic E-state index is 15.8. The van der Waals surface area contributed by atoms with Gasteiger partial charge in [0, 0.05) is 64.5 Å². The maximum Gasteiger partial charge on any atom is 0.329 e. The summed E-state index contributed by atoms with van der Waals surface area (Å²) < 4.78 is 75.2. The molecule has 63 heavy (non-hydrogen) atoms. The number of imide groups is 1. The van der Waals surface area contributed by atoms with Crippen molar-refractivity contribution in [1.82, 2.24) is 33.9 Å². The average molecular weight is 885 g/mol. The number of urea groups is 1. The number of aryl methyl sites for hydroxylation is 1. The Kier molecular flexibility index (Phi) is 10.9. The molecule has 3 aromatic carbocycles. The molecule has 3 aliphatic heterocycles. The van der Waals surface area contributed by atoms with E-state index in [-0.39, 0.29) is 71.1 Å². The van der Waals surface area contributed by atoms with Crippen LogP contribution in [-0.2, 0) is 26.8 Å². The van der Waals surface area contributed by atoms with E-state index in [1.54, 1.807) is 29.3 Å². The molecule has 1 saturated carbocycles. The number of rotatable bonds is 10. The van der Waals surface area contributed by atoms with Gasteiger partial charge in [0.15, 0.2) is 17.4 Å². The fraction of sp³-hybridized carbons (Fsp3) is 0.442. The Hall–Kier alpha value is -6.01. The molecule has 1 aliphatic carbocycles. The summed E-state index contributed by atoms with van der Waals surface area (Å²) in [6.45, 7) is 3.83. The van der Waals surface area contributed by atoms with E-state index in [9.17, 15) is 28.1 Å². The number of nitrogens with one attached hydrogen (secondary N) is 2. The molecule has 0 radical (unpaired) electrons. The van der Waals surface area contributed by atoms with Gasteiger partial charge in [-0.05, 0) is 86.1 Å². The minimum absolute atomic E-state index is 0.0213. The molecule has 2 N–H and O–H groups in total. The zero-order chi connectivity index (χ0) is 44.4. The van der Waals surface area contributed by atoms with Crippen molar-refractivity contribution in [3.63, 3.8) is 0 Å². The van der Waals surface area contributed by atoms with E-state index in [1.165, 1.54) is 36.5 Å². The van der Waals surface area contributed by atoms with Crippen LogP contribution in [0.4, 0.5) is 25.1 Å². The van der Waals surface area contributed by atoms with Crippen molar-refractivity contribution in [1.29, 1.82) is 5.26 Å². The van der Waals surface area contributed by atoms with E-state index < -0.39 is 33.4 Å². The molecule has 9 rings (SSSR count). The summed E-state index contributed by atoms with van der Waals surface area (Å²) in [6.07, 6.45) is 6.42. The number of hydrogen-bond donors (Lipinski definition) is 2. The smallest absolute Gasteiger partial charge is 0.329 e. The zero-order valence-corrected chi connectivity index (χ0v) is 35.8. The molecule has 330 valence electrons. The van der Waals surface area contributed by atoms with Crippen molar-refractivity contribution in [2.75, 3.05) is 49.5 Å². The standard InChI is InChI=1S/C43H46F2N10O7S/c1-4-51(2)63(59,60)50-36-12-10-33(44)39(32(36)21-46)62-28-9-11-35-30(17-28)41(57)55(24-47-35)27-20-43(61-22-27)14-16-53(23-43)26-7-5-25(6-8-26)29-19-37-31(18-34(29)45)40(49-52(37)3)54-15-13-38(56)48-42(54)58/h9-12,17-19,24-27,50H,4-8,13-16,20,22-23H2,1-3H3,(H,48,56,58)/t25?,26?,27-,43+/m1/s1. The van der Waals surface area contributed by atoms with Gasteiger partial charge in [0.2, 0.25) is 5.91 Å². The van der Waals surface area contributed by atoms with Crippen molar-refractivity contribution in [3.05, 3.63) is 81.9 Å². The van der Waals surface area contributed by atoms with Gasteiger partial charge in [-0.1, -0.05) is 6.92 Å². The van der Waals surface area contributed by atoms with Crippen LogP contribution in [0.2, 0.25) is 0 Å². The van der Waals surface area contributed by atoms with Gasteiger partial charge in [0.05, 0.1) is 46.7 Å². The molecular weight excluding hydrogens is 839 g/mol. The molecule has 4 aliphatic rings. The van der Waals surface area contributed by atoms with Crippen LogP contribution in [0.3, 0.4) is 0 Å². The quantitative estimate of drug-likeness (QED) is 0.182.